The van der Waals surface area contributed by atoms with Crippen LogP contribution in [0.3, 0.4) is 0 Å². The molecular weight excluding hydrogens is 226 g/mol. The largest absolute Gasteiger partial charge is 0.358 e. The van der Waals surface area contributed by atoms with Crippen molar-refractivity contribution in [1.82, 2.24) is 10.2 Å². The topological polar surface area (TPSA) is 71.8 Å². The molecule has 5 nitrogen and oxygen atoms in total. The van der Waals surface area contributed by atoms with Gasteiger partial charge in [0.2, 0.25) is 0 Å². The predicted octanol–water partition coefficient (Wildman–Crippen LogP) is 1.65. The molecule has 0 atom stereocenters. The Hall–Kier alpha value is -0.910. The number of alkyl halides is 1. The van der Waals surface area contributed by atoms with Gasteiger partial charge in [0.15, 0.2) is 0 Å². The van der Waals surface area contributed by atoms with Crippen molar-refractivity contribution in [2.75, 3.05) is 5.33 Å². The second-order valence-corrected chi connectivity index (χ2v) is 3.09. The number of hydrogen-bond acceptors (Lipinski definition) is 3. The molecule has 0 bridgehead atoms. The minimum Gasteiger partial charge on any atom is -0.358 e. The quantitative estimate of drug-likeness (QED) is 0.489. The van der Waals surface area contributed by atoms with Crippen molar-refractivity contribution in [1.29, 1.82) is 0 Å². The van der Waals surface area contributed by atoms with Crippen molar-refractivity contribution in [3.8, 4) is 0 Å². The monoisotopic (exact) mass is 233 g/mol. The Balaban J connectivity index is 2.70. The number of H-pyrrole nitrogens is 1. The van der Waals surface area contributed by atoms with E-state index >= 15 is 0 Å². The van der Waals surface area contributed by atoms with Gasteiger partial charge < -0.3 is 10.1 Å². The molecule has 0 aliphatic heterocycles. The van der Waals surface area contributed by atoms with Crippen LogP contribution in [-0.2, 0) is 6.42 Å². The van der Waals surface area contributed by atoms with Crippen molar-refractivity contribution >= 4 is 21.7 Å². The Kier molecular flexibility index (Phi) is 3.21. The lowest BCUT2D eigenvalue weighted by Crippen LogP contribution is -1.93. The molecule has 12 heavy (non-hydrogen) atoms. The summed E-state index contributed by atoms with van der Waals surface area (Å²) in [7, 11) is 0. The number of nitro groups is 1. The molecule has 1 N–H and O–H groups in total. The standard InChI is InChI=1S/C6H8BrN3O2/c7-3-1-2-5-4-8-9-6(5)10(11)12/h4H,1-3H2,(H,8,9). The highest BCUT2D eigenvalue weighted by Crippen LogP contribution is 2.15. The maximum absolute atomic E-state index is 10.4. The van der Waals surface area contributed by atoms with Gasteiger partial charge >= 0.3 is 5.82 Å². The summed E-state index contributed by atoms with van der Waals surface area (Å²) in [6, 6.07) is 0. The SMILES string of the molecule is O=[N+]([O-])c1[nH]ncc1CCCBr. The Labute approximate surface area is 77.4 Å². The molecule has 0 radical (unpaired) electrons. The Morgan fingerprint density at radius 2 is 2.50 bits per heavy atom. The molecule has 0 saturated heterocycles. The summed E-state index contributed by atoms with van der Waals surface area (Å²) in [4.78, 5) is 9.92. The number of hydrogen-bond donors (Lipinski definition) is 1. The van der Waals surface area contributed by atoms with Gasteiger partial charge in [-0.1, -0.05) is 21.0 Å². The maximum Gasteiger partial charge on any atom is 0.345 e. The third-order valence-electron chi connectivity index (χ3n) is 1.46. The molecule has 0 aliphatic rings. The highest BCUT2D eigenvalue weighted by molar-refractivity contribution is 9.09. The fraction of sp³-hybridized carbons (Fsp3) is 0.500. The third kappa shape index (κ3) is 2.04. The number of aromatic amines is 1. The summed E-state index contributed by atoms with van der Waals surface area (Å²) in [5.74, 6) is 0.0101. The first kappa shape index (κ1) is 9.18. The van der Waals surface area contributed by atoms with Crippen molar-refractivity contribution in [3.63, 3.8) is 0 Å². The van der Waals surface area contributed by atoms with Crippen LogP contribution in [0.5, 0.6) is 0 Å². The average molecular weight is 234 g/mol. The van der Waals surface area contributed by atoms with Crippen LogP contribution in [0.2, 0.25) is 0 Å². The van der Waals surface area contributed by atoms with Crippen molar-refractivity contribution in [2.24, 2.45) is 0 Å². The molecule has 66 valence electrons. The molecule has 0 spiro atoms. The lowest BCUT2D eigenvalue weighted by Gasteiger charge is -1.94. The van der Waals surface area contributed by atoms with Crippen molar-refractivity contribution in [2.45, 2.75) is 12.8 Å². The van der Waals surface area contributed by atoms with E-state index in [9.17, 15) is 10.1 Å². The van der Waals surface area contributed by atoms with Crippen LogP contribution in [0.25, 0.3) is 0 Å². The first-order chi connectivity index (χ1) is 5.75. The number of aryl methyl sites for hydroxylation is 1. The highest BCUT2D eigenvalue weighted by atomic mass is 79.9. The molecule has 1 heterocycles. The van der Waals surface area contributed by atoms with Gasteiger partial charge in [0.1, 0.15) is 0 Å². The van der Waals surface area contributed by atoms with E-state index in [1.807, 2.05) is 0 Å². The van der Waals surface area contributed by atoms with E-state index in [-0.39, 0.29) is 5.82 Å². The van der Waals surface area contributed by atoms with E-state index in [2.05, 4.69) is 26.1 Å². The molecule has 1 rings (SSSR count). The molecule has 1 aromatic rings. The first-order valence-corrected chi connectivity index (χ1v) is 4.60. The van der Waals surface area contributed by atoms with Crippen LogP contribution in [-0.4, -0.2) is 20.5 Å². The lowest BCUT2D eigenvalue weighted by atomic mass is 10.2. The average Bonchev–Trinajstić information content (AvgIpc) is 2.48. The smallest absolute Gasteiger partial charge is 0.345 e. The predicted molar refractivity (Wildman–Crippen MR) is 47.4 cm³/mol. The van der Waals surface area contributed by atoms with E-state index in [4.69, 9.17) is 0 Å². The number of rotatable bonds is 4. The van der Waals surface area contributed by atoms with Gasteiger partial charge in [-0.3, -0.25) is 0 Å². The number of nitrogens with one attached hydrogen (secondary N) is 1. The molecule has 0 aliphatic carbocycles. The molecule has 0 saturated carbocycles. The Bertz CT molecular complexity index is 274. The number of aromatic nitrogens is 2. The first-order valence-electron chi connectivity index (χ1n) is 3.48. The Morgan fingerprint density at radius 3 is 3.08 bits per heavy atom. The summed E-state index contributed by atoms with van der Waals surface area (Å²) >= 11 is 3.26. The molecule has 0 aromatic carbocycles. The fourth-order valence-electron chi connectivity index (χ4n) is 0.903. The van der Waals surface area contributed by atoms with Gasteiger partial charge in [0.25, 0.3) is 0 Å². The fourth-order valence-corrected chi connectivity index (χ4v) is 1.18. The van der Waals surface area contributed by atoms with E-state index in [1.54, 1.807) is 0 Å². The van der Waals surface area contributed by atoms with E-state index in [0.717, 1.165) is 11.8 Å². The van der Waals surface area contributed by atoms with Crippen LogP contribution < -0.4 is 0 Å². The molecule has 0 amide bonds. The van der Waals surface area contributed by atoms with E-state index in [0.29, 0.717) is 12.0 Å². The number of halogens is 1. The Morgan fingerprint density at radius 1 is 1.75 bits per heavy atom. The molecular formula is C6H8BrN3O2. The maximum atomic E-state index is 10.4. The summed E-state index contributed by atoms with van der Waals surface area (Å²) in [6.07, 6.45) is 3.05. The van der Waals surface area contributed by atoms with Crippen LogP contribution in [0.1, 0.15) is 12.0 Å². The van der Waals surface area contributed by atoms with Crippen molar-refractivity contribution < 1.29 is 4.92 Å². The number of nitrogens with zero attached hydrogens (tertiary/aromatic N) is 2. The van der Waals surface area contributed by atoms with Crippen LogP contribution in [0, 0.1) is 10.1 Å². The minimum absolute atomic E-state index is 0.0101. The zero-order valence-corrected chi connectivity index (χ0v) is 7.87. The highest BCUT2D eigenvalue weighted by Gasteiger charge is 2.13. The van der Waals surface area contributed by atoms with Gasteiger partial charge in [0, 0.05) is 5.33 Å². The zero-order valence-electron chi connectivity index (χ0n) is 6.29. The van der Waals surface area contributed by atoms with Gasteiger partial charge in [-0.05, 0) is 17.8 Å². The van der Waals surface area contributed by atoms with Gasteiger partial charge in [-0.15, -0.1) is 5.10 Å². The van der Waals surface area contributed by atoms with Crippen LogP contribution in [0.4, 0.5) is 5.82 Å². The third-order valence-corrected chi connectivity index (χ3v) is 2.02. The summed E-state index contributed by atoms with van der Waals surface area (Å²) < 4.78 is 0. The van der Waals surface area contributed by atoms with Gasteiger partial charge in [-0.25, -0.2) is 0 Å². The van der Waals surface area contributed by atoms with Crippen molar-refractivity contribution in [3.05, 3.63) is 21.9 Å². The van der Waals surface area contributed by atoms with Gasteiger partial charge in [-0.2, -0.15) is 0 Å². The second-order valence-electron chi connectivity index (χ2n) is 2.29. The molecule has 0 fully saturated rings. The summed E-state index contributed by atoms with van der Waals surface area (Å²) in [5, 5.41) is 17.2. The zero-order chi connectivity index (χ0) is 8.97. The molecule has 1 aromatic heterocycles. The summed E-state index contributed by atoms with van der Waals surface area (Å²) in [6.45, 7) is 0. The minimum atomic E-state index is -0.448. The summed E-state index contributed by atoms with van der Waals surface area (Å²) in [5.41, 5.74) is 0.666. The lowest BCUT2D eigenvalue weighted by molar-refractivity contribution is -0.390. The second kappa shape index (κ2) is 4.20. The van der Waals surface area contributed by atoms with E-state index in [1.165, 1.54) is 6.20 Å². The van der Waals surface area contributed by atoms with Gasteiger partial charge in [0.05, 0.1) is 11.8 Å². The van der Waals surface area contributed by atoms with Crippen LogP contribution >= 0.6 is 15.9 Å². The molecule has 0 unspecified atom stereocenters. The normalized spacial score (nSPS) is 10.1. The van der Waals surface area contributed by atoms with E-state index < -0.39 is 4.92 Å². The molecule has 6 heteroatoms. The van der Waals surface area contributed by atoms with Crippen LogP contribution in [0.15, 0.2) is 6.20 Å².